The summed E-state index contributed by atoms with van der Waals surface area (Å²) < 4.78 is 0. The lowest BCUT2D eigenvalue weighted by molar-refractivity contribution is 0.477. The molecule has 5 nitrogen and oxygen atoms in total. The Morgan fingerprint density at radius 1 is 1.56 bits per heavy atom. The van der Waals surface area contributed by atoms with Crippen molar-refractivity contribution >= 4 is 11.8 Å². The number of hydrogen-bond acceptors (Lipinski definition) is 4. The average Bonchev–Trinajstić information content (AvgIpc) is 2.30. The fourth-order valence-electron chi connectivity index (χ4n) is 2.03. The quantitative estimate of drug-likeness (QED) is 0.577. The number of rotatable bonds is 2. The minimum Gasteiger partial charge on any atom is -0.382 e. The molecule has 0 aliphatic carbocycles. The van der Waals surface area contributed by atoms with E-state index in [1.807, 2.05) is 0 Å². The van der Waals surface area contributed by atoms with E-state index in [4.69, 9.17) is 11.1 Å². The number of aromatic nitrogens is 2. The van der Waals surface area contributed by atoms with E-state index in [1.165, 1.54) is 19.3 Å². The van der Waals surface area contributed by atoms with E-state index in [-0.39, 0.29) is 5.84 Å². The number of hydrogen-bond donors (Lipinski definition) is 2. The summed E-state index contributed by atoms with van der Waals surface area (Å²) in [7, 11) is 0. The Morgan fingerprint density at radius 3 is 3.06 bits per heavy atom. The molecule has 5 heteroatoms. The minimum absolute atomic E-state index is 0.00619. The number of nitrogens with zero attached hydrogens (tertiary/aromatic N) is 3. The van der Waals surface area contributed by atoms with Crippen LogP contribution in [0.3, 0.4) is 0 Å². The lowest BCUT2D eigenvalue weighted by Gasteiger charge is -2.33. The van der Waals surface area contributed by atoms with Crippen molar-refractivity contribution in [2.24, 2.45) is 5.73 Å². The molecular weight excluding hydrogens is 202 g/mol. The molecule has 1 aliphatic rings. The van der Waals surface area contributed by atoms with Crippen LogP contribution in [0, 0.1) is 5.41 Å². The number of anilines is 1. The van der Waals surface area contributed by atoms with Crippen LogP contribution < -0.4 is 10.6 Å². The van der Waals surface area contributed by atoms with Gasteiger partial charge in [-0.1, -0.05) is 0 Å². The Kier molecular flexibility index (Phi) is 3.03. The SMILES string of the molecule is CC1CCCCN1c1nccc(C(=N)N)n1. The van der Waals surface area contributed by atoms with Crippen LogP contribution in [0.1, 0.15) is 31.9 Å². The summed E-state index contributed by atoms with van der Waals surface area (Å²) >= 11 is 0. The normalized spacial score (nSPS) is 20.8. The molecule has 0 spiro atoms. The third-order valence-corrected chi connectivity index (χ3v) is 2.98. The summed E-state index contributed by atoms with van der Waals surface area (Å²) in [4.78, 5) is 10.8. The zero-order valence-electron chi connectivity index (χ0n) is 9.48. The molecule has 0 amide bonds. The second kappa shape index (κ2) is 4.47. The Labute approximate surface area is 95.2 Å². The van der Waals surface area contributed by atoms with Gasteiger partial charge in [-0.15, -0.1) is 0 Å². The molecule has 16 heavy (non-hydrogen) atoms. The Hall–Kier alpha value is -1.65. The molecule has 1 aromatic heterocycles. The number of amidine groups is 1. The van der Waals surface area contributed by atoms with E-state index >= 15 is 0 Å². The van der Waals surface area contributed by atoms with Crippen molar-refractivity contribution in [3.8, 4) is 0 Å². The molecule has 0 radical (unpaired) electrons. The van der Waals surface area contributed by atoms with Gasteiger partial charge in [-0.25, -0.2) is 9.97 Å². The summed E-state index contributed by atoms with van der Waals surface area (Å²) in [5.41, 5.74) is 5.92. The summed E-state index contributed by atoms with van der Waals surface area (Å²) in [6, 6.07) is 2.14. The second-order valence-electron chi connectivity index (χ2n) is 4.19. The first-order valence-corrected chi connectivity index (χ1v) is 5.62. The lowest BCUT2D eigenvalue weighted by atomic mass is 10.0. The molecule has 1 aliphatic heterocycles. The van der Waals surface area contributed by atoms with Gasteiger partial charge in [-0.05, 0) is 32.3 Å². The van der Waals surface area contributed by atoms with Crippen LogP contribution in [0.5, 0.6) is 0 Å². The zero-order chi connectivity index (χ0) is 11.5. The van der Waals surface area contributed by atoms with Gasteiger partial charge < -0.3 is 10.6 Å². The summed E-state index contributed by atoms with van der Waals surface area (Å²) in [5.74, 6) is 0.688. The number of nitrogens with two attached hydrogens (primary N) is 1. The molecule has 3 N–H and O–H groups in total. The Bertz CT molecular complexity index is 390. The number of nitrogens with one attached hydrogen (secondary N) is 1. The van der Waals surface area contributed by atoms with Gasteiger partial charge in [0.2, 0.25) is 5.95 Å². The Balaban J connectivity index is 2.25. The first-order valence-electron chi connectivity index (χ1n) is 5.62. The largest absolute Gasteiger partial charge is 0.382 e. The highest BCUT2D eigenvalue weighted by Crippen LogP contribution is 2.20. The predicted molar refractivity (Wildman–Crippen MR) is 63.7 cm³/mol. The van der Waals surface area contributed by atoms with Crippen molar-refractivity contribution in [1.29, 1.82) is 5.41 Å². The van der Waals surface area contributed by atoms with Crippen LogP contribution in [0.4, 0.5) is 5.95 Å². The molecule has 1 aromatic rings. The minimum atomic E-state index is -0.00619. The fraction of sp³-hybridized carbons (Fsp3) is 0.545. The van der Waals surface area contributed by atoms with Gasteiger partial charge in [-0.2, -0.15) is 0 Å². The molecule has 1 fully saturated rings. The summed E-state index contributed by atoms with van der Waals surface area (Å²) in [6.07, 6.45) is 5.29. The second-order valence-corrected chi connectivity index (χ2v) is 4.19. The standard InChI is InChI=1S/C11H17N5/c1-8-4-2-3-7-16(8)11-14-6-5-9(15-11)10(12)13/h5-6,8H,2-4,7H2,1H3,(H3,12,13). The highest BCUT2D eigenvalue weighted by Gasteiger charge is 2.20. The zero-order valence-corrected chi connectivity index (χ0v) is 9.48. The molecule has 0 saturated carbocycles. The highest BCUT2D eigenvalue weighted by molar-refractivity contribution is 5.93. The van der Waals surface area contributed by atoms with Crippen molar-refractivity contribution in [2.45, 2.75) is 32.2 Å². The molecule has 1 atom stereocenters. The summed E-state index contributed by atoms with van der Waals surface area (Å²) in [6.45, 7) is 3.17. The van der Waals surface area contributed by atoms with Crippen molar-refractivity contribution in [1.82, 2.24) is 9.97 Å². The van der Waals surface area contributed by atoms with Crippen LogP contribution in [0.2, 0.25) is 0 Å². The van der Waals surface area contributed by atoms with E-state index in [0.717, 1.165) is 6.54 Å². The average molecular weight is 219 g/mol. The third-order valence-electron chi connectivity index (χ3n) is 2.98. The van der Waals surface area contributed by atoms with Crippen LogP contribution in [0.15, 0.2) is 12.3 Å². The van der Waals surface area contributed by atoms with Gasteiger partial charge in [0.25, 0.3) is 0 Å². The topological polar surface area (TPSA) is 78.9 Å². The van der Waals surface area contributed by atoms with Crippen molar-refractivity contribution in [3.05, 3.63) is 18.0 Å². The van der Waals surface area contributed by atoms with Gasteiger partial charge in [0.15, 0.2) is 0 Å². The Morgan fingerprint density at radius 2 is 2.38 bits per heavy atom. The van der Waals surface area contributed by atoms with E-state index in [0.29, 0.717) is 17.7 Å². The van der Waals surface area contributed by atoms with E-state index in [2.05, 4.69) is 21.8 Å². The predicted octanol–water partition coefficient (Wildman–Crippen LogP) is 1.14. The molecule has 2 heterocycles. The van der Waals surface area contributed by atoms with Gasteiger partial charge in [0, 0.05) is 18.8 Å². The third kappa shape index (κ3) is 2.13. The monoisotopic (exact) mass is 219 g/mol. The van der Waals surface area contributed by atoms with E-state index in [9.17, 15) is 0 Å². The maximum Gasteiger partial charge on any atom is 0.226 e. The van der Waals surface area contributed by atoms with Crippen molar-refractivity contribution < 1.29 is 0 Å². The number of nitrogen functional groups attached to an aromatic ring is 1. The van der Waals surface area contributed by atoms with Crippen molar-refractivity contribution in [2.75, 3.05) is 11.4 Å². The van der Waals surface area contributed by atoms with Crippen LogP contribution >= 0.6 is 0 Å². The van der Waals surface area contributed by atoms with E-state index in [1.54, 1.807) is 12.3 Å². The first kappa shape index (κ1) is 10.9. The smallest absolute Gasteiger partial charge is 0.226 e. The van der Waals surface area contributed by atoms with Gasteiger partial charge in [0.1, 0.15) is 11.5 Å². The van der Waals surface area contributed by atoms with Crippen LogP contribution in [0.25, 0.3) is 0 Å². The van der Waals surface area contributed by atoms with E-state index < -0.39 is 0 Å². The molecular formula is C11H17N5. The van der Waals surface area contributed by atoms with Crippen LogP contribution in [-0.4, -0.2) is 28.4 Å². The first-order chi connectivity index (χ1) is 7.68. The molecule has 1 saturated heterocycles. The maximum absolute atomic E-state index is 7.37. The summed E-state index contributed by atoms with van der Waals surface area (Å²) in [5, 5.41) is 7.37. The van der Waals surface area contributed by atoms with Gasteiger partial charge >= 0.3 is 0 Å². The number of piperidine rings is 1. The molecule has 0 aromatic carbocycles. The van der Waals surface area contributed by atoms with Crippen molar-refractivity contribution in [3.63, 3.8) is 0 Å². The van der Waals surface area contributed by atoms with Gasteiger partial charge in [0.05, 0.1) is 0 Å². The van der Waals surface area contributed by atoms with Crippen LogP contribution in [-0.2, 0) is 0 Å². The molecule has 86 valence electrons. The maximum atomic E-state index is 7.37. The lowest BCUT2D eigenvalue weighted by Crippen LogP contribution is -2.38. The highest BCUT2D eigenvalue weighted by atomic mass is 15.3. The fourth-order valence-corrected chi connectivity index (χ4v) is 2.03. The molecule has 0 bridgehead atoms. The van der Waals surface area contributed by atoms with Gasteiger partial charge in [-0.3, -0.25) is 5.41 Å². The molecule has 1 unspecified atom stereocenters. The molecule has 2 rings (SSSR count).